The molecule has 0 radical (unpaired) electrons. The Morgan fingerprint density at radius 1 is 1.73 bits per heavy atom. The molecule has 1 aromatic rings. The van der Waals surface area contributed by atoms with Gasteiger partial charge in [-0.05, 0) is 11.4 Å². The van der Waals surface area contributed by atoms with Crippen molar-refractivity contribution in [2.45, 2.75) is 0 Å². The van der Waals surface area contributed by atoms with Crippen LogP contribution in [0.2, 0.25) is 5.02 Å². The van der Waals surface area contributed by atoms with Crippen LogP contribution in [0, 0.1) is 10.1 Å². The Balaban J connectivity index is 2.79. The van der Waals surface area contributed by atoms with Crippen LogP contribution in [0.4, 0.5) is 0 Å². The Labute approximate surface area is 72.1 Å². The third-order valence-corrected chi connectivity index (χ3v) is 2.32. The van der Waals surface area contributed by atoms with Gasteiger partial charge < -0.3 is 0 Å². The van der Waals surface area contributed by atoms with Crippen LogP contribution >= 0.6 is 22.9 Å². The molecule has 0 saturated heterocycles. The van der Waals surface area contributed by atoms with Crippen molar-refractivity contribution in [3.8, 4) is 0 Å². The van der Waals surface area contributed by atoms with Gasteiger partial charge in [0.2, 0.25) is 6.20 Å². The van der Waals surface area contributed by atoms with Crippen LogP contribution in [0.1, 0.15) is 4.88 Å². The average Bonchev–Trinajstić information content (AvgIpc) is 2.31. The van der Waals surface area contributed by atoms with E-state index in [-0.39, 0.29) is 0 Å². The number of hydrogen-bond acceptors (Lipinski definition) is 3. The maximum absolute atomic E-state index is 9.89. The number of thiophene rings is 1. The summed E-state index contributed by atoms with van der Waals surface area (Å²) in [5.74, 6) is 0. The first-order valence-electron chi connectivity index (χ1n) is 2.75. The summed E-state index contributed by atoms with van der Waals surface area (Å²) in [7, 11) is 0. The summed E-state index contributed by atoms with van der Waals surface area (Å²) in [6, 6.07) is 1.70. The van der Waals surface area contributed by atoms with Gasteiger partial charge in [-0.3, -0.25) is 10.1 Å². The van der Waals surface area contributed by atoms with Crippen molar-refractivity contribution in [3.05, 3.63) is 37.7 Å². The molecule has 1 rings (SSSR count). The monoisotopic (exact) mass is 189 g/mol. The van der Waals surface area contributed by atoms with E-state index < -0.39 is 4.92 Å². The van der Waals surface area contributed by atoms with Gasteiger partial charge in [0.15, 0.2) is 0 Å². The Morgan fingerprint density at radius 3 is 2.91 bits per heavy atom. The summed E-state index contributed by atoms with van der Waals surface area (Å²) < 4.78 is 0. The number of rotatable bonds is 2. The lowest BCUT2D eigenvalue weighted by molar-refractivity contribution is -0.400. The molecule has 0 aromatic carbocycles. The number of nitro groups is 1. The van der Waals surface area contributed by atoms with Gasteiger partial charge in [0, 0.05) is 6.08 Å². The molecule has 0 saturated carbocycles. The van der Waals surface area contributed by atoms with Crippen LogP contribution < -0.4 is 0 Å². The van der Waals surface area contributed by atoms with Crippen LogP contribution in [-0.4, -0.2) is 4.92 Å². The van der Waals surface area contributed by atoms with Crippen molar-refractivity contribution in [1.82, 2.24) is 0 Å². The highest BCUT2D eigenvalue weighted by Crippen LogP contribution is 2.22. The Bertz CT molecular complexity index is 295. The van der Waals surface area contributed by atoms with Gasteiger partial charge >= 0.3 is 0 Å². The SMILES string of the molecule is O=[N+]([O-])/C=C/c1sccc1Cl. The van der Waals surface area contributed by atoms with Crippen molar-refractivity contribution in [2.24, 2.45) is 0 Å². The van der Waals surface area contributed by atoms with Gasteiger partial charge in [0.05, 0.1) is 14.8 Å². The molecule has 3 nitrogen and oxygen atoms in total. The summed E-state index contributed by atoms with van der Waals surface area (Å²) in [6.07, 6.45) is 2.25. The quantitative estimate of drug-likeness (QED) is 0.530. The van der Waals surface area contributed by atoms with Gasteiger partial charge in [-0.2, -0.15) is 0 Å². The first-order valence-corrected chi connectivity index (χ1v) is 4.00. The summed E-state index contributed by atoms with van der Waals surface area (Å²) in [5.41, 5.74) is 0. The lowest BCUT2D eigenvalue weighted by Gasteiger charge is -1.82. The molecule has 0 spiro atoms. The highest BCUT2D eigenvalue weighted by Gasteiger charge is 1.97. The van der Waals surface area contributed by atoms with E-state index in [1.807, 2.05) is 0 Å². The van der Waals surface area contributed by atoms with Crippen molar-refractivity contribution in [1.29, 1.82) is 0 Å². The molecule has 0 bridgehead atoms. The van der Waals surface area contributed by atoms with Gasteiger partial charge in [0.1, 0.15) is 0 Å². The van der Waals surface area contributed by atoms with E-state index in [1.54, 1.807) is 11.4 Å². The second-order valence-corrected chi connectivity index (χ2v) is 3.09. The fourth-order valence-corrected chi connectivity index (χ4v) is 1.56. The molecule has 0 unspecified atom stereocenters. The van der Waals surface area contributed by atoms with Crippen LogP contribution in [0.3, 0.4) is 0 Å². The molecule has 58 valence electrons. The fraction of sp³-hybridized carbons (Fsp3) is 0. The molecule has 0 fully saturated rings. The van der Waals surface area contributed by atoms with E-state index in [0.717, 1.165) is 6.20 Å². The van der Waals surface area contributed by atoms with Crippen molar-refractivity contribution >= 4 is 29.0 Å². The van der Waals surface area contributed by atoms with Crippen molar-refractivity contribution in [3.63, 3.8) is 0 Å². The summed E-state index contributed by atoms with van der Waals surface area (Å²) in [6.45, 7) is 0. The highest BCUT2D eigenvalue weighted by molar-refractivity contribution is 7.11. The second kappa shape index (κ2) is 3.50. The van der Waals surface area contributed by atoms with Crippen LogP contribution in [-0.2, 0) is 0 Å². The first-order chi connectivity index (χ1) is 5.20. The molecular formula is C6H4ClNO2S. The Kier molecular flexibility index (Phi) is 2.62. The summed E-state index contributed by atoms with van der Waals surface area (Å²) in [5, 5.41) is 12.2. The van der Waals surface area contributed by atoms with Gasteiger partial charge in [-0.25, -0.2) is 0 Å². The standard InChI is InChI=1S/C6H4ClNO2S/c7-5-2-4-11-6(5)1-3-8(9)10/h1-4H/b3-1+. The molecule has 0 aliphatic carbocycles. The topological polar surface area (TPSA) is 43.1 Å². The van der Waals surface area contributed by atoms with Crippen LogP contribution in [0.15, 0.2) is 17.6 Å². The third kappa shape index (κ3) is 2.32. The molecule has 1 heterocycles. The smallest absolute Gasteiger partial charge is 0.235 e. The predicted molar refractivity (Wildman–Crippen MR) is 45.4 cm³/mol. The van der Waals surface area contributed by atoms with E-state index in [1.165, 1.54) is 17.4 Å². The zero-order valence-electron chi connectivity index (χ0n) is 5.36. The van der Waals surface area contributed by atoms with Crippen LogP contribution in [0.25, 0.3) is 6.08 Å². The first kappa shape index (κ1) is 8.23. The minimum absolute atomic E-state index is 0.518. The summed E-state index contributed by atoms with van der Waals surface area (Å²) >= 11 is 7.03. The maximum Gasteiger partial charge on any atom is 0.235 e. The van der Waals surface area contributed by atoms with Gasteiger partial charge in [-0.15, -0.1) is 11.3 Å². The average molecular weight is 190 g/mol. The van der Waals surface area contributed by atoms with E-state index >= 15 is 0 Å². The van der Waals surface area contributed by atoms with E-state index in [4.69, 9.17) is 11.6 Å². The number of halogens is 1. The second-order valence-electron chi connectivity index (χ2n) is 1.73. The fourth-order valence-electron chi connectivity index (χ4n) is 0.553. The molecule has 0 aliphatic heterocycles. The maximum atomic E-state index is 9.89. The molecule has 0 aliphatic rings. The molecular weight excluding hydrogens is 186 g/mol. The van der Waals surface area contributed by atoms with Crippen molar-refractivity contribution < 1.29 is 4.92 Å². The molecule has 5 heteroatoms. The summed E-state index contributed by atoms with van der Waals surface area (Å²) in [4.78, 5) is 10.1. The largest absolute Gasteiger partial charge is 0.259 e. The molecule has 0 N–H and O–H groups in total. The van der Waals surface area contributed by atoms with Crippen molar-refractivity contribution in [2.75, 3.05) is 0 Å². The normalized spacial score (nSPS) is 10.6. The molecule has 0 atom stereocenters. The van der Waals surface area contributed by atoms with Gasteiger partial charge in [0.25, 0.3) is 0 Å². The van der Waals surface area contributed by atoms with E-state index in [0.29, 0.717) is 9.90 Å². The third-order valence-electron chi connectivity index (χ3n) is 0.992. The lowest BCUT2D eigenvalue weighted by Crippen LogP contribution is -1.80. The molecule has 1 aromatic heterocycles. The Hall–Kier alpha value is -0.870. The minimum Gasteiger partial charge on any atom is -0.259 e. The van der Waals surface area contributed by atoms with Gasteiger partial charge in [-0.1, -0.05) is 11.6 Å². The number of hydrogen-bond donors (Lipinski definition) is 0. The minimum atomic E-state index is -0.518. The highest BCUT2D eigenvalue weighted by atomic mass is 35.5. The molecule has 0 amide bonds. The lowest BCUT2D eigenvalue weighted by atomic mass is 10.4. The van der Waals surface area contributed by atoms with Crippen LogP contribution in [0.5, 0.6) is 0 Å². The zero-order valence-corrected chi connectivity index (χ0v) is 6.93. The Morgan fingerprint density at radius 2 is 2.45 bits per heavy atom. The van der Waals surface area contributed by atoms with E-state index in [9.17, 15) is 10.1 Å². The predicted octanol–water partition coefficient (Wildman–Crippen LogP) is 2.65. The van der Waals surface area contributed by atoms with E-state index in [2.05, 4.69) is 0 Å². The zero-order chi connectivity index (χ0) is 8.27. The number of nitrogens with zero attached hydrogens (tertiary/aromatic N) is 1. The molecule has 11 heavy (non-hydrogen) atoms.